The van der Waals surface area contributed by atoms with Gasteiger partial charge in [-0.25, -0.2) is 12.2 Å². The minimum Gasteiger partial charge on any atom is -0.542 e. The van der Waals surface area contributed by atoms with Crippen molar-refractivity contribution in [1.29, 1.82) is 0 Å². The normalized spacial score (nSPS) is 11.2. The first-order chi connectivity index (χ1) is 3.91. The number of carbonyl (C=O) groups excluding carboxylic acids is 1. The third-order valence-corrected chi connectivity index (χ3v) is 0.586. The van der Waals surface area contributed by atoms with E-state index in [9.17, 15) is 0 Å². The largest absolute Gasteiger partial charge is 2.00 e. The molecular formula is C7H8CoO. The van der Waals surface area contributed by atoms with Crippen molar-refractivity contribution in [3.8, 4) is 0 Å². The summed E-state index contributed by atoms with van der Waals surface area (Å²) in [7, 11) is 0. The Bertz CT molecular complexity index is 95.5. The molecule has 0 saturated carbocycles. The summed E-state index contributed by atoms with van der Waals surface area (Å²) in [6.07, 6.45) is 11.5. The maximum atomic E-state index is 8.68. The zero-order valence-electron chi connectivity index (χ0n) is 5.18. The summed E-state index contributed by atoms with van der Waals surface area (Å²) in [5.41, 5.74) is 0. The van der Waals surface area contributed by atoms with Gasteiger partial charge in [-0.15, -0.1) is 6.42 Å². The molecule has 0 saturated heterocycles. The smallest absolute Gasteiger partial charge is 0.542 e. The Morgan fingerprint density at radius 1 is 1.67 bits per heavy atom. The monoisotopic (exact) mass is 167 g/mol. The zero-order valence-corrected chi connectivity index (χ0v) is 6.22. The molecule has 1 rings (SSSR count). The summed E-state index contributed by atoms with van der Waals surface area (Å²) in [4.78, 5) is 8.68. The average molecular weight is 167 g/mol. The van der Waals surface area contributed by atoms with Crippen molar-refractivity contribution in [2.45, 2.75) is 13.3 Å². The molecule has 0 N–H and O–H groups in total. The van der Waals surface area contributed by atoms with Crippen molar-refractivity contribution in [2.75, 3.05) is 0 Å². The minimum atomic E-state index is 0. The van der Waals surface area contributed by atoms with Crippen LogP contribution < -0.4 is 0 Å². The number of hydrogen-bond donors (Lipinski definition) is 0. The third-order valence-electron chi connectivity index (χ3n) is 0.586. The Balaban J connectivity index is 0. The van der Waals surface area contributed by atoms with E-state index in [1.165, 1.54) is 13.2 Å². The fourth-order valence-corrected chi connectivity index (χ4v) is 0.340. The summed E-state index contributed by atoms with van der Waals surface area (Å²) in [5.74, 6) is 0. The zero-order chi connectivity index (χ0) is 6.24. The molecular weight excluding hydrogens is 159 g/mol. The van der Waals surface area contributed by atoms with Crippen molar-refractivity contribution in [3.63, 3.8) is 0 Å². The van der Waals surface area contributed by atoms with Crippen LogP contribution in [-0.2, 0) is 21.6 Å². The quantitative estimate of drug-likeness (QED) is 0.498. The molecule has 0 spiro atoms. The second-order valence-electron chi connectivity index (χ2n) is 1.21. The van der Waals surface area contributed by atoms with Crippen molar-refractivity contribution in [1.82, 2.24) is 0 Å². The Morgan fingerprint density at radius 3 is 2.33 bits per heavy atom. The van der Waals surface area contributed by atoms with E-state index in [-0.39, 0.29) is 16.8 Å². The van der Waals surface area contributed by atoms with E-state index < -0.39 is 0 Å². The van der Waals surface area contributed by atoms with E-state index in [0.717, 1.165) is 6.42 Å². The van der Waals surface area contributed by atoms with Crippen LogP contribution in [0.25, 0.3) is 0 Å². The fourth-order valence-electron chi connectivity index (χ4n) is 0.340. The van der Waals surface area contributed by atoms with E-state index in [0.29, 0.717) is 0 Å². The predicted molar refractivity (Wildman–Crippen MR) is 32.9 cm³/mol. The van der Waals surface area contributed by atoms with Gasteiger partial charge in [-0.05, 0) is 0 Å². The Morgan fingerprint density at radius 2 is 2.22 bits per heavy atom. The molecule has 1 aliphatic carbocycles. The van der Waals surface area contributed by atoms with Gasteiger partial charge in [0.1, 0.15) is 0 Å². The molecule has 0 unspecified atom stereocenters. The standard InChI is InChI=1S/C5H5.C2H3O.Co/c1-2-4-5-3-1;1-2-3;/h1-3H,4H2;1H3;/q2*-1;+2. The maximum Gasteiger partial charge on any atom is 2.00 e. The molecule has 0 amide bonds. The van der Waals surface area contributed by atoms with Gasteiger partial charge >= 0.3 is 16.8 Å². The third kappa shape index (κ3) is 11.3. The maximum absolute atomic E-state index is 8.68. The van der Waals surface area contributed by atoms with E-state index in [4.69, 9.17) is 4.79 Å². The van der Waals surface area contributed by atoms with Crippen molar-refractivity contribution in [3.05, 3.63) is 24.3 Å². The van der Waals surface area contributed by atoms with Crippen LogP contribution >= 0.6 is 0 Å². The van der Waals surface area contributed by atoms with Gasteiger partial charge in [0, 0.05) is 0 Å². The van der Waals surface area contributed by atoms with Gasteiger partial charge in [0.15, 0.2) is 0 Å². The SMILES string of the molecule is C[C-]=O.[C-]1=CC=CC1.[Co+2]. The second-order valence-corrected chi connectivity index (χ2v) is 1.21. The summed E-state index contributed by atoms with van der Waals surface area (Å²) < 4.78 is 0. The van der Waals surface area contributed by atoms with Gasteiger partial charge in [0.25, 0.3) is 0 Å². The molecule has 1 nitrogen and oxygen atoms in total. The fraction of sp³-hybridized carbons (Fsp3) is 0.286. The molecule has 0 aliphatic heterocycles. The van der Waals surface area contributed by atoms with Crippen molar-refractivity contribution in [2.24, 2.45) is 0 Å². The number of allylic oxidation sites excluding steroid dienone is 4. The van der Waals surface area contributed by atoms with E-state index in [1.807, 2.05) is 12.2 Å². The van der Waals surface area contributed by atoms with Crippen LogP contribution in [0.2, 0.25) is 0 Å². The Kier molecular flexibility index (Phi) is 13.5. The van der Waals surface area contributed by atoms with Gasteiger partial charge in [0.2, 0.25) is 0 Å². The minimum absolute atomic E-state index is 0. The molecule has 0 atom stereocenters. The molecule has 0 bridgehead atoms. The molecule has 0 aromatic heterocycles. The van der Waals surface area contributed by atoms with Gasteiger partial charge in [-0.1, -0.05) is 0 Å². The van der Waals surface area contributed by atoms with E-state index in [1.54, 1.807) is 0 Å². The van der Waals surface area contributed by atoms with Crippen LogP contribution in [0.5, 0.6) is 0 Å². The summed E-state index contributed by atoms with van der Waals surface area (Å²) in [5, 5.41) is 0. The van der Waals surface area contributed by atoms with Crippen LogP contribution in [0.4, 0.5) is 0 Å². The molecule has 2 heteroatoms. The first-order valence-corrected chi connectivity index (χ1v) is 2.42. The molecule has 1 radical (unpaired) electrons. The molecule has 0 fully saturated rings. The molecule has 0 heterocycles. The second kappa shape index (κ2) is 10.6. The Hall–Kier alpha value is -0.344. The van der Waals surface area contributed by atoms with Gasteiger partial charge < -0.3 is 4.79 Å². The van der Waals surface area contributed by atoms with Crippen LogP contribution in [-0.4, -0.2) is 6.29 Å². The summed E-state index contributed by atoms with van der Waals surface area (Å²) in [6, 6.07) is 0. The van der Waals surface area contributed by atoms with Crippen molar-refractivity contribution < 1.29 is 21.6 Å². The molecule has 1 aliphatic rings. The summed E-state index contributed by atoms with van der Waals surface area (Å²) in [6.45, 7) is 1.32. The van der Waals surface area contributed by atoms with Crippen LogP contribution in [0, 0.1) is 6.08 Å². The first-order valence-electron chi connectivity index (χ1n) is 2.42. The van der Waals surface area contributed by atoms with Gasteiger partial charge in [0.05, 0.1) is 0 Å². The summed E-state index contributed by atoms with van der Waals surface area (Å²) >= 11 is 0. The average Bonchev–Trinajstić information content (AvgIpc) is 2.17. The van der Waals surface area contributed by atoms with Crippen LogP contribution in [0.15, 0.2) is 18.2 Å². The van der Waals surface area contributed by atoms with E-state index in [2.05, 4.69) is 12.2 Å². The topological polar surface area (TPSA) is 17.1 Å². The molecule has 9 heavy (non-hydrogen) atoms. The molecule has 51 valence electrons. The van der Waals surface area contributed by atoms with Crippen molar-refractivity contribution >= 4 is 6.29 Å². The van der Waals surface area contributed by atoms with Gasteiger partial charge in [-0.3, -0.25) is 12.4 Å². The molecule has 0 aromatic carbocycles. The van der Waals surface area contributed by atoms with Crippen LogP contribution in [0.3, 0.4) is 0 Å². The van der Waals surface area contributed by atoms with Crippen LogP contribution in [0.1, 0.15) is 13.3 Å². The predicted octanol–water partition coefficient (Wildman–Crippen LogP) is 1.42. The molecule has 0 aromatic rings. The number of rotatable bonds is 0. The number of hydrogen-bond acceptors (Lipinski definition) is 1. The Labute approximate surface area is 66.0 Å². The van der Waals surface area contributed by atoms with Gasteiger partial charge in [-0.2, -0.15) is 13.0 Å². The van der Waals surface area contributed by atoms with E-state index >= 15 is 0 Å². The first kappa shape index (κ1) is 11.5.